The van der Waals surface area contributed by atoms with E-state index in [1.807, 2.05) is 39.0 Å². The van der Waals surface area contributed by atoms with Crippen LogP contribution in [-0.2, 0) is 6.42 Å². The van der Waals surface area contributed by atoms with E-state index in [1.54, 1.807) is 0 Å². The first kappa shape index (κ1) is 13.8. The van der Waals surface area contributed by atoms with E-state index >= 15 is 0 Å². The summed E-state index contributed by atoms with van der Waals surface area (Å²) in [4.78, 5) is 8.74. The van der Waals surface area contributed by atoms with Crippen LogP contribution in [0.2, 0.25) is 0 Å². The maximum absolute atomic E-state index is 5.92. The molecule has 2 aromatic rings. The number of rotatable bonds is 3. The number of aryl methyl sites for hydroxylation is 2. The minimum absolute atomic E-state index is 0.526. The summed E-state index contributed by atoms with van der Waals surface area (Å²) in [5.41, 5.74) is 8.92. The van der Waals surface area contributed by atoms with E-state index in [0.29, 0.717) is 5.82 Å². The summed E-state index contributed by atoms with van der Waals surface area (Å²) in [6, 6.07) is 6.05. The molecule has 1 aromatic heterocycles. The number of halogens is 1. The van der Waals surface area contributed by atoms with Crippen molar-refractivity contribution < 1.29 is 0 Å². The SMILES string of the molecule is CCc1nc(N)c(C)c(Nc2cccc(C)c2Br)n1. The highest BCUT2D eigenvalue weighted by Gasteiger charge is 2.10. The summed E-state index contributed by atoms with van der Waals surface area (Å²) >= 11 is 3.58. The van der Waals surface area contributed by atoms with E-state index in [1.165, 1.54) is 5.56 Å². The van der Waals surface area contributed by atoms with Gasteiger partial charge in [0.25, 0.3) is 0 Å². The molecule has 4 nitrogen and oxygen atoms in total. The lowest BCUT2D eigenvalue weighted by atomic mass is 10.2. The molecule has 0 aliphatic carbocycles. The van der Waals surface area contributed by atoms with Crippen molar-refractivity contribution in [2.45, 2.75) is 27.2 Å². The summed E-state index contributed by atoms with van der Waals surface area (Å²) in [5.74, 6) is 2.03. The zero-order chi connectivity index (χ0) is 14.0. The monoisotopic (exact) mass is 320 g/mol. The molecule has 0 spiro atoms. The number of hydrogen-bond donors (Lipinski definition) is 2. The van der Waals surface area contributed by atoms with Crippen molar-refractivity contribution >= 4 is 33.3 Å². The largest absolute Gasteiger partial charge is 0.383 e. The molecule has 1 aromatic carbocycles. The Hall–Kier alpha value is -1.62. The van der Waals surface area contributed by atoms with Crippen LogP contribution in [0.5, 0.6) is 0 Å². The molecular formula is C14H17BrN4. The van der Waals surface area contributed by atoms with Crippen molar-refractivity contribution in [3.8, 4) is 0 Å². The maximum atomic E-state index is 5.92. The first-order chi connectivity index (χ1) is 9.02. The molecule has 0 fully saturated rings. The second-order valence-corrected chi connectivity index (χ2v) is 5.21. The smallest absolute Gasteiger partial charge is 0.139 e. The van der Waals surface area contributed by atoms with Crippen molar-refractivity contribution in [1.29, 1.82) is 0 Å². The van der Waals surface area contributed by atoms with E-state index in [0.717, 1.165) is 33.8 Å². The number of nitrogen functional groups attached to an aromatic ring is 1. The fourth-order valence-corrected chi connectivity index (χ4v) is 2.10. The van der Waals surface area contributed by atoms with Crippen LogP contribution in [0.25, 0.3) is 0 Å². The third-order valence-corrected chi connectivity index (χ3v) is 4.04. The number of nitrogens with two attached hydrogens (primary N) is 1. The average Bonchev–Trinajstić information content (AvgIpc) is 2.39. The number of anilines is 3. The minimum atomic E-state index is 0.526. The van der Waals surface area contributed by atoms with Gasteiger partial charge >= 0.3 is 0 Å². The van der Waals surface area contributed by atoms with Gasteiger partial charge in [-0.15, -0.1) is 0 Å². The highest BCUT2D eigenvalue weighted by molar-refractivity contribution is 9.10. The van der Waals surface area contributed by atoms with Crippen LogP contribution in [0, 0.1) is 13.8 Å². The summed E-state index contributed by atoms with van der Waals surface area (Å²) < 4.78 is 1.03. The molecule has 0 amide bonds. The normalized spacial score (nSPS) is 10.5. The molecule has 0 aliphatic heterocycles. The molecule has 0 aliphatic rings. The van der Waals surface area contributed by atoms with E-state index in [2.05, 4.69) is 31.2 Å². The van der Waals surface area contributed by atoms with Crippen molar-refractivity contribution in [1.82, 2.24) is 9.97 Å². The zero-order valence-corrected chi connectivity index (χ0v) is 12.9. The van der Waals surface area contributed by atoms with Gasteiger partial charge in [0, 0.05) is 16.5 Å². The number of benzene rings is 1. The average molecular weight is 321 g/mol. The number of hydrogen-bond acceptors (Lipinski definition) is 4. The summed E-state index contributed by atoms with van der Waals surface area (Å²) in [6.07, 6.45) is 0.758. The zero-order valence-electron chi connectivity index (χ0n) is 11.3. The standard InChI is InChI=1S/C14H17BrN4/c1-4-11-18-13(16)9(3)14(19-11)17-10-7-5-6-8(2)12(10)15/h5-7H,4H2,1-3H3,(H3,16,17,18,19). The quantitative estimate of drug-likeness (QED) is 0.904. The summed E-state index contributed by atoms with van der Waals surface area (Å²) in [7, 11) is 0. The predicted octanol–water partition coefficient (Wildman–Crippen LogP) is 3.74. The Morgan fingerprint density at radius 1 is 1.26 bits per heavy atom. The van der Waals surface area contributed by atoms with Gasteiger partial charge in [-0.25, -0.2) is 9.97 Å². The fourth-order valence-electron chi connectivity index (χ4n) is 1.73. The molecule has 3 N–H and O–H groups in total. The van der Waals surface area contributed by atoms with Crippen LogP contribution in [-0.4, -0.2) is 9.97 Å². The van der Waals surface area contributed by atoms with Crippen molar-refractivity contribution in [2.24, 2.45) is 0 Å². The number of nitrogens with zero attached hydrogens (tertiary/aromatic N) is 2. The third kappa shape index (κ3) is 2.87. The van der Waals surface area contributed by atoms with E-state index in [9.17, 15) is 0 Å². The van der Waals surface area contributed by atoms with Crippen LogP contribution < -0.4 is 11.1 Å². The minimum Gasteiger partial charge on any atom is -0.383 e. The van der Waals surface area contributed by atoms with Gasteiger partial charge in [-0.05, 0) is 41.4 Å². The van der Waals surface area contributed by atoms with Gasteiger partial charge in [-0.3, -0.25) is 0 Å². The molecule has 100 valence electrons. The Kier molecular flexibility index (Phi) is 4.04. The van der Waals surface area contributed by atoms with Gasteiger partial charge in [-0.2, -0.15) is 0 Å². The molecule has 0 bridgehead atoms. The second-order valence-electron chi connectivity index (χ2n) is 4.41. The van der Waals surface area contributed by atoms with Gasteiger partial charge in [0.15, 0.2) is 0 Å². The van der Waals surface area contributed by atoms with Gasteiger partial charge < -0.3 is 11.1 Å². The van der Waals surface area contributed by atoms with Crippen LogP contribution in [0.1, 0.15) is 23.9 Å². The molecule has 0 unspecified atom stereocenters. The first-order valence-electron chi connectivity index (χ1n) is 6.18. The Labute approximate surface area is 121 Å². The second kappa shape index (κ2) is 5.57. The molecule has 2 rings (SSSR count). The topological polar surface area (TPSA) is 63.8 Å². The lowest BCUT2D eigenvalue weighted by Gasteiger charge is -2.13. The number of aromatic nitrogens is 2. The highest BCUT2D eigenvalue weighted by Crippen LogP contribution is 2.30. The summed E-state index contributed by atoms with van der Waals surface area (Å²) in [6.45, 7) is 5.98. The molecular weight excluding hydrogens is 304 g/mol. The molecule has 0 atom stereocenters. The first-order valence-corrected chi connectivity index (χ1v) is 6.97. The molecule has 1 heterocycles. The van der Waals surface area contributed by atoms with E-state index < -0.39 is 0 Å². The predicted molar refractivity (Wildman–Crippen MR) is 82.7 cm³/mol. The van der Waals surface area contributed by atoms with Crippen molar-refractivity contribution in [3.05, 3.63) is 39.6 Å². The Bertz CT molecular complexity index is 611. The lowest BCUT2D eigenvalue weighted by Crippen LogP contribution is -2.06. The Morgan fingerprint density at radius 3 is 2.68 bits per heavy atom. The van der Waals surface area contributed by atoms with E-state index in [-0.39, 0.29) is 0 Å². The molecule has 19 heavy (non-hydrogen) atoms. The molecule has 0 saturated carbocycles. The Balaban J connectivity index is 2.43. The fraction of sp³-hybridized carbons (Fsp3) is 0.286. The van der Waals surface area contributed by atoms with Crippen molar-refractivity contribution in [2.75, 3.05) is 11.1 Å². The highest BCUT2D eigenvalue weighted by atomic mass is 79.9. The molecule has 5 heteroatoms. The van der Waals surface area contributed by atoms with Gasteiger partial charge in [-0.1, -0.05) is 19.1 Å². The third-order valence-electron chi connectivity index (χ3n) is 2.99. The Morgan fingerprint density at radius 2 is 2.00 bits per heavy atom. The van der Waals surface area contributed by atoms with E-state index in [4.69, 9.17) is 5.73 Å². The molecule has 0 radical (unpaired) electrons. The van der Waals surface area contributed by atoms with Crippen molar-refractivity contribution in [3.63, 3.8) is 0 Å². The van der Waals surface area contributed by atoms with Gasteiger partial charge in [0.2, 0.25) is 0 Å². The molecule has 0 saturated heterocycles. The van der Waals surface area contributed by atoms with Crippen LogP contribution in [0.3, 0.4) is 0 Å². The maximum Gasteiger partial charge on any atom is 0.139 e. The van der Waals surface area contributed by atoms with Gasteiger partial charge in [0.1, 0.15) is 17.5 Å². The van der Waals surface area contributed by atoms with Crippen LogP contribution in [0.4, 0.5) is 17.3 Å². The lowest BCUT2D eigenvalue weighted by molar-refractivity contribution is 0.940. The van der Waals surface area contributed by atoms with Crippen LogP contribution >= 0.6 is 15.9 Å². The summed E-state index contributed by atoms with van der Waals surface area (Å²) in [5, 5.41) is 3.32. The number of nitrogens with one attached hydrogen (secondary N) is 1. The van der Waals surface area contributed by atoms with Gasteiger partial charge in [0.05, 0.1) is 5.69 Å². The van der Waals surface area contributed by atoms with Crippen LogP contribution in [0.15, 0.2) is 22.7 Å².